The van der Waals surface area contributed by atoms with Crippen LogP contribution in [-0.4, -0.2) is 22.8 Å². The summed E-state index contributed by atoms with van der Waals surface area (Å²) in [6.07, 6.45) is 2.89. The van der Waals surface area contributed by atoms with Gasteiger partial charge in [-0.05, 0) is 24.8 Å². The molecule has 2 fully saturated rings. The first-order valence-electron chi connectivity index (χ1n) is 6.45. The molecule has 0 spiro atoms. The molecule has 94 valence electrons. The normalized spacial score (nSPS) is 38.7. The summed E-state index contributed by atoms with van der Waals surface area (Å²) in [5, 5.41) is 10.7. The highest BCUT2D eigenvalue weighted by atomic mass is 16.3. The van der Waals surface area contributed by atoms with Gasteiger partial charge >= 0.3 is 0 Å². The van der Waals surface area contributed by atoms with Gasteiger partial charge < -0.3 is 9.90 Å². The van der Waals surface area contributed by atoms with E-state index in [-0.39, 0.29) is 23.5 Å². The molecule has 0 aromatic heterocycles. The number of Topliss-reactive ketones (excluding diaryl/α,β-unsaturated/α-hetero) is 1. The maximum absolute atomic E-state index is 12.3. The van der Waals surface area contributed by atoms with Crippen LogP contribution in [0.15, 0.2) is 30.3 Å². The number of hydrogen-bond acceptors (Lipinski definition) is 3. The largest absolute Gasteiger partial charge is 0.381 e. The average Bonchev–Trinajstić information content (AvgIpc) is 2.52. The van der Waals surface area contributed by atoms with Gasteiger partial charge in [0.1, 0.15) is 11.9 Å². The monoisotopic (exact) mass is 244 g/mol. The van der Waals surface area contributed by atoms with Gasteiger partial charge in [0.15, 0.2) is 5.78 Å². The standard InChI is InChI=1S/C15H16O3/c16-9-12-11-7-4-8-15(18,14(11)17)13(12)10-5-2-1-3-6-10/h1-3,5-6,9,11-13,18H,4,7-8H2/t11?,12-,13+,15?/m0/s1. The van der Waals surface area contributed by atoms with E-state index in [0.29, 0.717) is 6.42 Å². The summed E-state index contributed by atoms with van der Waals surface area (Å²) in [7, 11) is 0. The van der Waals surface area contributed by atoms with Crippen LogP contribution < -0.4 is 0 Å². The Morgan fingerprint density at radius 3 is 2.67 bits per heavy atom. The zero-order valence-electron chi connectivity index (χ0n) is 10.1. The third kappa shape index (κ3) is 1.40. The first-order valence-corrected chi connectivity index (χ1v) is 6.45. The molecule has 1 N–H and O–H groups in total. The molecular weight excluding hydrogens is 228 g/mol. The van der Waals surface area contributed by atoms with Crippen molar-refractivity contribution in [2.24, 2.45) is 11.8 Å². The van der Waals surface area contributed by atoms with E-state index < -0.39 is 5.60 Å². The number of ketones is 1. The maximum atomic E-state index is 12.3. The van der Waals surface area contributed by atoms with Gasteiger partial charge in [-0.3, -0.25) is 4.79 Å². The number of aldehydes is 1. The van der Waals surface area contributed by atoms with Crippen molar-refractivity contribution in [1.29, 1.82) is 0 Å². The minimum atomic E-state index is -1.32. The van der Waals surface area contributed by atoms with Crippen molar-refractivity contribution in [3.8, 4) is 0 Å². The van der Waals surface area contributed by atoms with Gasteiger partial charge in [-0.1, -0.05) is 30.3 Å². The second-order valence-corrected chi connectivity index (χ2v) is 5.39. The molecule has 2 saturated carbocycles. The molecule has 0 radical (unpaired) electrons. The van der Waals surface area contributed by atoms with E-state index in [0.717, 1.165) is 24.7 Å². The fraction of sp³-hybridized carbons (Fsp3) is 0.467. The third-order valence-corrected chi connectivity index (χ3v) is 4.52. The number of carbonyl (C=O) groups excluding carboxylic acids is 2. The second kappa shape index (κ2) is 4.02. The lowest BCUT2D eigenvalue weighted by molar-refractivity contribution is -0.141. The fourth-order valence-corrected chi connectivity index (χ4v) is 3.73. The first-order chi connectivity index (χ1) is 8.68. The molecular formula is C15H16O3. The molecule has 1 aromatic carbocycles. The number of fused-ring (bicyclic) bond motifs is 2. The molecule has 0 saturated heterocycles. The van der Waals surface area contributed by atoms with Gasteiger partial charge in [-0.2, -0.15) is 0 Å². The zero-order chi connectivity index (χ0) is 12.8. The van der Waals surface area contributed by atoms with Crippen molar-refractivity contribution in [3.05, 3.63) is 35.9 Å². The van der Waals surface area contributed by atoms with Crippen molar-refractivity contribution in [2.45, 2.75) is 30.8 Å². The van der Waals surface area contributed by atoms with Gasteiger partial charge in [0.25, 0.3) is 0 Å². The fourth-order valence-electron chi connectivity index (χ4n) is 3.73. The van der Waals surface area contributed by atoms with Gasteiger partial charge in [0.05, 0.1) is 0 Å². The highest BCUT2D eigenvalue weighted by molar-refractivity contribution is 5.97. The zero-order valence-corrected chi connectivity index (χ0v) is 10.1. The van der Waals surface area contributed by atoms with Gasteiger partial charge in [0, 0.05) is 17.8 Å². The lowest BCUT2D eigenvalue weighted by Crippen LogP contribution is -2.42. The molecule has 0 amide bonds. The molecule has 2 aliphatic carbocycles. The SMILES string of the molecule is O=C[C@H]1C2CCCC(O)(C2=O)[C@@H]1c1ccccc1. The highest BCUT2D eigenvalue weighted by Crippen LogP contribution is 2.53. The molecule has 2 unspecified atom stereocenters. The summed E-state index contributed by atoms with van der Waals surface area (Å²) < 4.78 is 0. The molecule has 0 aliphatic heterocycles. The van der Waals surface area contributed by atoms with Gasteiger partial charge in [-0.15, -0.1) is 0 Å². The predicted octanol–water partition coefficient (Wildman–Crippen LogP) is 1.70. The Kier molecular flexibility index (Phi) is 2.59. The van der Waals surface area contributed by atoms with Crippen LogP contribution in [-0.2, 0) is 9.59 Å². The summed E-state index contributed by atoms with van der Waals surface area (Å²) in [4.78, 5) is 23.6. The van der Waals surface area contributed by atoms with E-state index >= 15 is 0 Å². The third-order valence-electron chi connectivity index (χ3n) is 4.52. The quantitative estimate of drug-likeness (QED) is 0.806. The summed E-state index contributed by atoms with van der Waals surface area (Å²) in [6, 6.07) is 9.45. The topological polar surface area (TPSA) is 54.4 Å². The molecule has 18 heavy (non-hydrogen) atoms. The van der Waals surface area contributed by atoms with Crippen molar-refractivity contribution < 1.29 is 14.7 Å². The summed E-state index contributed by atoms with van der Waals surface area (Å²) in [5.41, 5.74) is -0.426. The molecule has 3 heteroatoms. The van der Waals surface area contributed by atoms with Gasteiger partial charge in [0.2, 0.25) is 0 Å². The predicted molar refractivity (Wildman–Crippen MR) is 66.0 cm³/mol. The molecule has 3 rings (SSSR count). The highest BCUT2D eigenvalue weighted by Gasteiger charge is 2.61. The molecule has 1 aromatic rings. The number of carbonyl (C=O) groups is 2. The molecule has 0 heterocycles. The first kappa shape index (κ1) is 11.6. The Morgan fingerprint density at radius 1 is 1.28 bits per heavy atom. The van der Waals surface area contributed by atoms with E-state index in [9.17, 15) is 14.7 Å². The minimum Gasteiger partial charge on any atom is -0.381 e. The smallest absolute Gasteiger partial charge is 0.168 e. The number of benzene rings is 1. The maximum Gasteiger partial charge on any atom is 0.168 e. The lowest BCUT2D eigenvalue weighted by atomic mass is 9.78. The Labute approximate surface area is 106 Å². The molecule has 2 aliphatic rings. The van der Waals surface area contributed by atoms with Crippen molar-refractivity contribution in [3.63, 3.8) is 0 Å². The van der Waals surface area contributed by atoms with Crippen molar-refractivity contribution >= 4 is 12.1 Å². The summed E-state index contributed by atoms with van der Waals surface area (Å²) in [6.45, 7) is 0. The van der Waals surface area contributed by atoms with Crippen LogP contribution >= 0.6 is 0 Å². The van der Waals surface area contributed by atoms with E-state index in [2.05, 4.69) is 0 Å². The second-order valence-electron chi connectivity index (χ2n) is 5.39. The summed E-state index contributed by atoms with van der Waals surface area (Å²) >= 11 is 0. The van der Waals surface area contributed by atoms with E-state index in [1.54, 1.807) is 0 Å². The Morgan fingerprint density at radius 2 is 2.00 bits per heavy atom. The van der Waals surface area contributed by atoms with E-state index in [1.807, 2.05) is 30.3 Å². The van der Waals surface area contributed by atoms with Crippen LogP contribution in [0.5, 0.6) is 0 Å². The van der Waals surface area contributed by atoms with Crippen molar-refractivity contribution in [2.75, 3.05) is 0 Å². The van der Waals surface area contributed by atoms with Crippen LogP contribution in [0, 0.1) is 11.8 Å². The molecule has 3 nitrogen and oxygen atoms in total. The number of rotatable bonds is 2. The number of aliphatic hydroxyl groups is 1. The van der Waals surface area contributed by atoms with E-state index in [4.69, 9.17) is 0 Å². The Bertz CT molecular complexity index is 482. The van der Waals surface area contributed by atoms with E-state index in [1.165, 1.54) is 0 Å². The van der Waals surface area contributed by atoms with Crippen LogP contribution in [0.25, 0.3) is 0 Å². The van der Waals surface area contributed by atoms with Crippen LogP contribution in [0.3, 0.4) is 0 Å². The Balaban J connectivity index is 2.11. The lowest BCUT2D eigenvalue weighted by Gasteiger charge is -2.31. The number of hydrogen-bond donors (Lipinski definition) is 1. The van der Waals surface area contributed by atoms with Crippen LogP contribution in [0.4, 0.5) is 0 Å². The molecule has 4 atom stereocenters. The summed E-state index contributed by atoms with van der Waals surface area (Å²) in [5.74, 6) is -1.14. The van der Waals surface area contributed by atoms with Crippen LogP contribution in [0.2, 0.25) is 0 Å². The Hall–Kier alpha value is -1.48. The van der Waals surface area contributed by atoms with Gasteiger partial charge in [-0.25, -0.2) is 0 Å². The van der Waals surface area contributed by atoms with Crippen LogP contribution in [0.1, 0.15) is 30.7 Å². The average molecular weight is 244 g/mol. The minimum absolute atomic E-state index is 0.125. The molecule has 2 bridgehead atoms. The van der Waals surface area contributed by atoms with Crippen molar-refractivity contribution in [1.82, 2.24) is 0 Å².